The van der Waals surface area contributed by atoms with Crippen LogP contribution in [0.2, 0.25) is 0 Å². The number of carbonyl (C=O) groups excluding carboxylic acids is 6. The van der Waals surface area contributed by atoms with Crippen LogP contribution in [0.25, 0.3) is 0 Å². The van der Waals surface area contributed by atoms with Gasteiger partial charge in [0.05, 0.1) is 13.2 Å². The summed E-state index contributed by atoms with van der Waals surface area (Å²) in [7, 11) is 1.60. The predicted octanol–water partition coefficient (Wildman–Crippen LogP) is 4.76. The van der Waals surface area contributed by atoms with Crippen molar-refractivity contribution in [2.24, 2.45) is 0 Å². The van der Waals surface area contributed by atoms with Crippen molar-refractivity contribution in [1.82, 2.24) is 21.3 Å². The molecule has 5 N–H and O–H groups in total. The van der Waals surface area contributed by atoms with E-state index >= 15 is 0 Å². The van der Waals surface area contributed by atoms with Gasteiger partial charge in [-0.15, -0.1) is 0 Å². The topological polar surface area (TPSA) is 206 Å². The summed E-state index contributed by atoms with van der Waals surface area (Å²) in [6.45, 7) is 2.26. The van der Waals surface area contributed by atoms with Crippen LogP contribution in [0.3, 0.4) is 0 Å². The summed E-state index contributed by atoms with van der Waals surface area (Å²) in [5, 5.41) is 20.3. The number of hydrogen-bond donors (Lipinski definition) is 5. The maximum absolute atomic E-state index is 13.1. The third-order valence-corrected chi connectivity index (χ3v) is 9.46. The average molecular weight is 809 g/mol. The molecule has 0 saturated heterocycles. The van der Waals surface area contributed by atoms with Gasteiger partial charge in [0.2, 0.25) is 17.7 Å². The summed E-state index contributed by atoms with van der Waals surface area (Å²) in [6, 6.07) is 16.3. The van der Waals surface area contributed by atoms with E-state index in [0.29, 0.717) is 77.2 Å². The van der Waals surface area contributed by atoms with Crippen molar-refractivity contribution >= 4 is 41.4 Å². The van der Waals surface area contributed by atoms with Crippen LogP contribution >= 0.6 is 0 Å². The summed E-state index contributed by atoms with van der Waals surface area (Å²) in [6.07, 6.45) is 8.21. The van der Waals surface area contributed by atoms with Crippen molar-refractivity contribution in [2.75, 3.05) is 26.8 Å². The highest BCUT2D eigenvalue weighted by Crippen LogP contribution is 2.10. The minimum absolute atomic E-state index is 0.123. The number of carbonyl (C=O) groups is 7. The number of benzene rings is 2. The number of ketones is 1. The van der Waals surface area contributed by atoms with E-state index < -0.39 is 36.0 Å². The fraction of sp³-hybridized carbons (Fsp3) is 0.568. The first kappa shape index (κ1) is 49.0. The first-order valence-electron chi connectivity index (χ1n) is 20.6. The Bertz CT molecular complexity index is 1540. The molecule has 3 atom stereocenters. The zero-order chi connectivity index (χ0) is 42.4. The van der Waals surface area contributed by atoms with E-state index in [2.05, 4.69) is 21.3 Å². The summed E-state index contributed by atoms with van der Waals surface area (Å²) in [4.78, 5) is 86.0. The van der Waals surface area contributed by atoms with Gasteiger partial charge in [0.15, 0.2) is 0 Å². The van der Waals surface area contributed by atoms with Gasteiger partial charge in [0.25, 0.3) is 0 Å². The van der Waals surface area contributed by atoms with E-state index in [4.69, 9.17) is 14.6 Å². The van der Waals surface area contributed by atoms with E-state index in [-0.39, 0.29) is 62.4 Å². The lowest BCUT2D eigenvalue weighted by Gasteiger charge is -2.18. The Morgan fingerprint density at radius 3 is 1.47 bits per heavy atom. The number of rotatable bonds is 32. The lowest BCUT2D eigenvalue weighted by atomic mass is 10.1. The third kappa shape index (κ3) is 23.2. The van der Waals surface area contributed by atoms with Crippen molar-refractivity contribution in [2.45, 2.75) is 134 Å². The number of ether oxygens (including phenoxy) is 2. The molecular weight excluding hydrogens is 745 g/mol. The molecule has 0 heterocycles. The molecule has 320 valence electrons. The SMILES string of the molecule is CNC(CCCCNC(=O)CCCCC(=O)NC(Cc1ccccc1)C(=O)OCCCCCOC(=O)C(Cc1ccccc1)NC(=O)CCCCCC(C)=O)C(=O)O. The van der Waals surface area contributed by atoms with Crippen LogP contribution in [-0.2, 0) is 55.9 Å². The number of unbranched alkanes of at least 4 members (excludes halogenated alkanes) is 6. The molecule has 0 aliphatic heterocycles. The van der Waals surface area contributed by atoms with E-state index in [1.807, 2.05) is 60.7 Å². The molecule has 0 radical (unpaired) electrons. The van der Waals surface area contributed by atoms with E-state index in [9.17, 15) is 33.6 Å². The van der Waals surface area contributed by atoms with Crippen LogP contribution in [0.4, 0.5) is 0 Å². The van der Waals surface area contributed by atoms with Crippen molar-refractivity contribution in [3.63, 3.8) is 0 Å². The van der Waals surface area contributed by atoms with Crippen molar-refractivity contribution < 1.29 is 48.1 Å². The second-order valence-electron chi connectivity index (χ2n) is 14.5. The molecule has 0 aliphatic rings. The smallest absolute Gasteiger partial charge is 0.328 e. The Morgan fingerprint density at radius 1 is 0.552 bits per heavy atom. The van der Waals surface area contributed by atoms with Crippen LogP contribution in [0, 0.1) is 0 Å². The number of carboxylic acid groups (broad SMARTS) is 1. The van der Waals surface area contributed by atoms with Gasteiger partial charge < -0.3 is 40.6 Å². The number of likely N-dealkylation sites (N-methyl/N-ethyl adjacent to an activating group) is 1. The average Bonchev–Trinajstić information content (AvgIpc) is 3.20. The largest absolute Gasteiger partial charge is 0.480 e. The molecule has 14 nitrogen and oxygen atoms in total. The van der Waals surface area contributed by atoms with Gasteiger partial charge in [0, 0.05) is 45.1 Å². The zero-order valence-corrected chi connectivity index (χ0v) is 34.3. The molecule has 0 bridgehead atoms. The number of esters is 2. The number of amides is 3. The van der Waals surface area contributed by atoms with E-state index in [1.54, 1.807) is 14.0 Å². The quantitative estimate of drug-likeness (QED) is 0.0504. The van der Waals surface area contributed by atoms with Crippen LogP contribution in [0.1, 0.15) is 114 Å². The van der Waals surface area contributed by atoms with Gasteiger partial charge >= 0.3 is 17.9 Å². The molecule has 0 fully saturated rings. The number of aliphatic carboxylic acids is 1. The molecule has 0 aromatic heterocycles. The minimum atomic E-state index is -0.898. The molecule has 3 unspecified atom stereocenters. The maximum atomic E-state index is 13.1. The van der Waals surface area contributed by atoms with Gasteiger partial charge in [-0.3, -0.25) is 19.2 Å². The van der Waals surface area contributed by atoms with Crippen LogP contribution in [0.5, 0.6) is 0 Å². The first-order chi connectivity index (χ1) is 28.0. The Kier molecular flexibility index (Phi) is 25.4. The molecule has 0 spiro atoms. The molecule has 0 saturated carbocycles. The summed E-state index contributed by atoms with van der Waals surface area (Å²) in [5.41, 5.74) is 1.75. The molecule has 2 rings (SSSR count). The minimum Gasteiger partial charge on any atom is -0.480 e. The van der Waals surface area contributed by atoms with Crippen LogP contribution in [0.15, 0.2) is 60.7 Å². The van der Waals surface area contributed by atoms with Crippen LogP contribution < -0.4 is 21.3 Å². The van der Waals surface area contributed by atoms with Gasteiger partial charge in [-0.25, -0.2) is 9.59 Å². The monoisotopic (exact) mass is 808 g/mol. The van der Waals surface area contributed by atoms with Gasteiger partial charge in [0.1, 0.15) is 23.9 Å². The normalized spacial score (nSPS) is 12.4. The molecule has 2 aromatic carbocycles. The number of Topliss-reactive ketones (excluding diaryl/α,β-unsaturated/α-hetero) is 1. The lowest BCUT2D eigenvalue weighted by molar-refractivity contribution is -0.148. The summed E-state index contributed by atoms with van der Waals surface area (Å²) in [5.74, 6) is -2.53. The molecule has 58 heavy (non-hydrogen) atoms. The summed E-state index contributed by atoms with van der Waals surface area (Å²) >= 11 is 0. The maximum Gasteiger partial charge on any atom is 0.328 e. The highest BCUT2D eigenvalue weighted by atomic mass is 16.5. The van der Waals surface area contributed by atoms with E-state index in [1.165, 1.54) is 0 Å². The molecule has 3 amide bonds. The Balaban J connectivity index is 1.73. The second-order valence-corrected chi connectivity index (χ2v) is 14.5. The zero-order valence-electron chi connectivity index (χ0n) is 34.3. The second kappa shape index (κ2) is 30.0. The summed E-state index contributed by atoms with van der Waals surface area (Å²) < 4.78 is 11.1. The van der Waals surface area contributed by atoms with Crippen LogP contribution in [-0.4, -0.2) is 91.5 Å². The van der Waals surface area contributed by atoms with Gasteiger partial charge in [-0.05, 0) is 89.3 Å². The Hall–Kier alpha value is -5.11. The molecule has 0 aliphatic carbocycles. The molecule has 14 heteroatoms. The highest BCUT2D eigenvalue weighted by molar-refractivity contribution is 5.85. The number of carboxylic acids is 1. The Morgan fingerprint density at radius 2 is 1.00 bits per heavy atom. The highest BCUT2D eigenvalue weighted by Gasteiger charge is 2.24. The van der Waals surface area contributed by atoms with Crippen molar-refractivity contribution in [3.8, 4) is 0 Å². The fourth-order valence-corrected chi connectivity index (χ4v) is 6.14. The number of hydrogen-bond acceptors (Lipinski definition) is 10. The predicted molar refractivity (Wildman–Crippen MR) is 220 cm³/mol. The molecular formula is C44H64N4O10. The lowest BCUT2D eigenvalue weighted by Crippen LogP contribution is -2.43. The first-order valence-corrected chi connectivity index (χ1v) is 20.6. The van der Waals surface area contributed by atoms with Gasteiger partial charge in [-0.1, -0.05) is 67.1 Å². The third-order valence-electron chi connectivity index (χ3n) is 9.46. The van der Waals surface area contributed by atoms with Gasteiger partial charge in [-0.2, -0.15) is 0 Å². The van der Waals surface area contributed by atoms with E-state index in [0.717, 1.165) is 24.0 Å². The fourth-order valence-electron chi connectivity index (χ4n) is 6.14. The Labute approximate surface area is 343 Å². The van der Waals surface area contributed by atoms with Crippen molar-refractivity contribution in [3.05, 3.63) is 71.8 Å². The van der Waals surface area contributed by atoms with Crippen molar-refractivity contribution in [1.29, 1.82) is 0 Å². The number of nitrogens with one attached hydrogen (secondary N) is 4. The molecule has 2 aromatic rings. The standard InChI is InChI=1S/C44H64N4O10/c1-33(49)19-7-3-12-26-40(51)47-37(31-34-20-8-4-9-21-34)43(55)57-29-17-6-18-30-58-44(56)38(32-35-22-10-5-11-23-35)48-41(52)27-14-13-25-39(50)46-28-16-15-24-36(45-2)42(53)54/h4-5,8-11,20-23,36-38,45H,3,6-7,12-19,24-32H2,1-2H3,(H,46,50)(H,47,51)(H,48,52)(H,53,54).